The molecule has 0 atom stereocenters. The molecule has 2 aromatic rings. The van der Waals surface area contributed by atoms with Gasteiger partial charge in [-0.05, 0) is 23.8 Å². The molecule has 0 aliphatic rings. The predicted octanol–water partition coefficient (Wildman–Crippen LogP) is 4.28. The highest BCUT2D eigenvalue weighted by atomic mass is 19.4. The van der Waals surface area contributed by atoms with Crippen molar-refractivity contribution in [1.82, 2.24) is 4.98 Å². The molecule has 0 bridgehead atoms. The van der Waals surface area contributed by atoms with Gasteiger partial charge in [0, 0.05) is 11.8 Å². The smallest absolute Gasteiger partial charge is 0.392 e. The SMILES string of the molecule is OCc1cc(-c2ccc(C(F)(F)F)cc2)ncc1C(F)(F)F. The molecule has 1 aromatic heterocycles. The van der Waals surface area contributed by atoms with Crippen molar-refractivity contribution in [2.75, 3.05) is 0 Å². The second-order valence-corrected chi connectivity index (χ2v) is 4.46. The Kier molecular flexibility index (Phi) is 4.15. The Morgan fingerprint density at radius 1 is 0.909 bits per heavy atom. The monoisotopic (exact) mass is 321 g/mol. The van der Waals surface area contributed by atoms with Crippen molar-refractivity contribution < 1.29 is 31.4 Å². The van der Waals surface area contributed by atoms with E-state index in [-0.39, 0.29) is 11.3 Å². The second-order valence-electron chi connectivity index (χ2n) is 4.46. The van der Waals surface area contributed by atoms with Crippen LogP contribution in [0, 0.1) is 0 Å². The lowest BCUT2D eigenvalue weighted by Crippen LogP contribution is -2.10. The molecule has 0 aliphatic carbocycles. The molecule has 1 N–H and O–H groups in total. The van der Waals surface area contributed by atoms with E-state index in [1.165, 1.54) is 0 Å². The topological polar surface area (TPSA) is 33.1 Å². The third-order valence-electron chi connectivity index (χ3n) is 2.97. The summed E-state index contributed by atoms with van der Waals surface area (Å²) in [7, 11) is 0. The number of benzene rings is 1. The van der Waals surface area contributed by atoms with Crippen molar-refractivity contribution in [3.05, 3.63) is 53.2 Å². The molecule has 0 unspecified atom stereocenters. The van der Waals surface area contributed by atoms with Gasteiger partial charge < -0.3 is 5.11 Å². The quantitative estimate of drug-likeness (QED) is 0.838. The van der Waals surface area contributed by atoms with Gasteiger partial charge >= 0.3 is 12.4 Å². The van der Waals surface area contributed by atoms with E-state index < -0.39 is 35.6 Å². The van der Waals surface area contributed by atoms with Crippen molar-refractivity contribution in [2.45, 2.75) is 19.0 Å². The van der Waals surface area contributed by atoms with E-state index in [1.807, 2.05) is 0 Å². The number of halogens is 6. The zero-order chi connectivity index (χ0) is 16.5. The van der Waals surface area contributed by atoms with E-state index >= 15 is 0 Å². The van der Waals surface area contributed by atoms with Crippen LogP contribution in [0.1, 0.15) is 16.7 Å². The summed E-state index contributed by atoms with van der Waals surface area (Å²) < 4.78 is 75.4. The highest BCUT2D eigenvalue weighted by Crippen LogP contribution is 2.34. The largest absolute Gasteiger partial charge is 0.418 e. The molecular formula is C14H9F6NO. The first-order chi connectivity index (χ1) is 10.1. The van der Waals surface area contributed by atoms with Crippen molar-refractivity contribution in [3.63, 3.8) is 0 Å². The van der Waals surface area contributed by atoms with Gasteiger partial charge in [0.1, 0.15) is 0 Å². The predicted molar refractivity (Wildman–Crippen MR) is 65.6 cm³/mol. The number of rotatable bonds is 2. The number of pyridine rings is 1. The Balaban J connectivity index is 2.42. The van der Waals surface area contributed by atoms with E-state index in [9.17, 15) is 26.3 Å². The number of aliphatic hydroxyl groups is 1. The summed E-state index contributed by atoms with van der Waals surface area (Å²) in [4.78, 5) is 3.60. The van der Waals surface area contributed by atoms with Crippen LogP contribution in [0.5, 0.6) is 0 Å². The summed E-state index contributed by atoms with van der Waals surface area (Å²) in [5, 5.41) is 9.03. The van der Waals surface area contributed by atoms with Crippen molar-refractivity contribution in [3.8, 4) is 11.3 Å². The van der Waals surface area contributed by atoms with Gasteiger partial charge in [0.15, 0.2) is 0 Å². The fourth-order valence-electron chi connectivity index (χ4n) is 1.87. The summed E-state index contributed by atoms with van der Waals surface area (Å²) >= 11 is 0. The van der Waals surface area contributed by atoms with Gasteiger partial charge in [-0.2, -0.15) is 26.3 Å². The molecule has 0 aliphatic heterocycles. The fraction of sp³-hybridized carbons (Fsp3) is 0.214. The van der Waals surface area contributed by atoms with Crippen LogP contribution in [-0.4, -0.2) is 10.1 Å². The summed E-state index contributed by atoms with van der Waals surface area (Å²) in [5.41, 5.74) is -2.07. The Morgan fingerprint density at radius 3 is 1.95 bits per heavy atom. The third kappa shape index (κ3) is 3.38. The van der Waals surface area contributed by atoms with Crippen molar-refractivity contribution >= 4 is 0 Å². The molecule has 22 heavy (non-hydrogen) atoms. The fourth-order valence-corrected chi connectivity index (χ4v) is 1.87. The first-order valence-electron chi connectivity index (χ1n) is 5.97. The lowest BCUT2D eigenvalue weighted by atomic mass is 10.0. The molecule has 1 heterocycles. The zero-order valence-corrected chi connectivity index (χ0v) is 10.8. The minimum Gasteiger partial charge on any atom is -0.392 e. The minimum absolute atomic E-state index is 0.0470. The molecule has 118 valence electrons. The summed E-state index contributed by atoms with van der Waals surface area (Å²) in [6, 6.07) is 4.85. The van der Waals surface area contributed by atoms with Gasteiger partial charge in [-0.25, -0.2) is 0 Å². The third-order valence-corrected chi connectivity index (χ3v) is 2.97. The molecule has 2 nitrogen and oxygen atoms in total. The van der Waals surface area contributed by atoms with E-state index in [4.69, 9.17) is 5.11 Å². The van der Waals surface area contributed by atoms with Gasteiger partial charge in [-0.3, -0.25) is 4.98 Å². The first kappa shape index (κ1) is 16.3. The number of alkyl halides is 6. The Morgan fingerprint density at radius 2 is 1.50 bits per heavy atom. The molecule has 0 amide bonds. The lowest BCUT2D eigenvalue weighted by Gasteiger charge is -2.12. The van der Waals surface area contributed by atoms with Crippen molar-refractivity contribution in [2.24, 2.45) is 0 Å². The number of hydrogen-bond acceptors (Lipinski definition) is 2. The van der Waals surface area contributed by atoms with E-state index in [2.05, 4.69) is 4.98 Å². The van der Waals surface area contributed by atoms with Gasteiger partial charge in [0.2, 0.25) is 0 Å². The number of nitrogens with zero attached hydrogens (tertiary/aromatic N) is 1. The van der Waals surface area contributed by atoms with E-state index in [0.717, 1.165) is 30.3 Å². The molecule has 0 spiro atoms. The number of aromatic nitrogens is 1. The summed E-state index contributed by atoms with van der Waals surface area (Å²) in [6.45, 7) is -0.856. The van der Waals surface area contributed by atoms with E-state index in [0.29, 0.717) is 6.20 Å². The Hall–Kier alpha value is -2.09. The van der Waals surface area contributed by atoms with Crippen LogP contribution in [-0.2, 0) is 19.0 Å². The molecule has 0 saturated carbocycles. The Labute approximate surface area is 121 Å². The molecule has 0 saturated heterocycles. The van der Waals surface area contributed by atoms with Crippen LogP contribution in [0.2, 0.25) is 0 Å². The van der Waals surface area contributed by atoms with Crippen LogP contribution < -0.4 is 0 Å². The highest BCUT2D eigenvalue weighted by molar-refractivity contribution is 5.61. The highest BCUT2D eigenvalue weighted by Gasteiger charge is 2.34. The minimum atomic E-state index is -4.66. The maximum atomic E-state index is 12.7. The van der Waals surface area contributed by atoms with Gasteiger partial charge in [-0.1, -0.05) is 12.1 Å². The van der Waals surface area contributed by atoms with Gasteiger partial charge in [-0.15, -0.1) is 0 Å². The second kappa shape index (κ2) is 5.60. The number of hydrogen-bond donors (Lipinski definition) is 1. The zero-order valence-electron chi connectivity index (χ0n) is 10.8. The van der Waals surface area contributed by atoms with Crippen LogP contribution in [0.25, 0.3) is 11.3 Å². The molecule has 1 aromatic carbocycles. The molecule has 8 heteroatoms. The molecule has 0 fully saturated rings. The average molecular weight is 321 g/mol. The van der Waals surface area contributed by atoms with Crippen LogP contribution in [0.3, 0.4) is 0 Å². The number of aliphatic hydroxyl groups excluding tert-OH is 1. The van der Waals surface area contributed by atoms with E-state index in [1.54, 1.807) is 0 Å². The van der Waals surface area contributed by atoms with Gasteiger partial charge in [0.05, 0.1) is 23.4 Å². The molecular weight excluding hydrogens is 312 g/mol. The van der Waals surface area contributed by atoms with Crippen LogP contribution in [0.15, 0.2) is 36.5 Å². The lowest BCUT2D eigenvalue weighted by molar-refractivity contribution is -0.139. The van der Waals surface area contributed by atoms with Gasteiger partial charge in [0.25, 0.3) is 0 Å². The first-order valence-corrected chi connectivity index (χ1v) is 5.97. The van der Waals surface area contributed by atoms with Crippen molar-refractivity contribution in [1.29, 1.82) is 0 Å². The van der Waals surface area contributed by atoms with Crippen LogP contribution in [0.4, 0.5) is 26.3 Å². The summed E-state index contributed by atoms with van der Waals surface area (Å²) in [6.07, 6.45) is -8.61. The molecule has 2 rings (SSSR count). The normalized spacial score (nSPS) is 12.5. The summed E-state index contributed by atoms with van der Waals surface area (Å²) in [5.74, 6) is 0. The average Bonchev–Trinajstić information content (AvgIpc) is 2.45. The maximum absolute atomic E-state index is 12.7. The molecule has 0 radical (unpaired) electrons. The maximum Gasteiger partial charge on any atom is 0.418 e. The Bertz CT molecular complexity index is 661. The van der Waals surface area contributed by atoms with Crippen LogP contribution >= 0.6 is 0 Å². The standard InChI is InChI=1S/C14H9F6NO/c15-13(16,17)10-3-1-8(2-4-10)12-5-9(7-22)11(6-21-12)14(18,19)20/h1-6,22H,7H2.